The Labute approximate surface area is 91.7 Å². The third-order valence-electron chi connectivity index (χ3n) is 0.812. The molecule has 0 aliphatic carbocycles. The number of aliphatic hydroxyl groups is 1. The zero-order chi connectivity index (χ0) is 6.95. The Hall–Kier alpha value is 1.14. The molecule has 0 fully saturated rings. The molecule has 1 N–H and O–H groups in total. The summed E-state index contributed by atoms with van der Waals surface area (Å²) in [6.45, 7) is 4.36. The first-order valence-corrected chi connectivity index (χ1v) is 3.18. The zero-order valence-corrected chi connectivity index (χ0v) is 5.80. The van der Waals surface area contributed by atoms with Gasteiger partial charge in [0.25, 0.3) is 0 Å². The molecule has 60 valence electrons. The molecule has 0 aromatic heterocycles. The van der Waals surface area contributed by atoms with Gasteiger partial charge in [-0.15, -0.1) is 0 Å². The van der Waals surface area contributed by atoms with Crippen molar-refractivity contribution in [1.82, 2.24) is 0 Å². The second kappa shape index (κ2) is 12.8. The molecule has 0 aliphatic rings. The van der Waals surface area contributed by atoms with E-state index in [0.29, 0.717) is 19.8 Å². The molecule has 10 heavy (non-hydrogen) atoms. The Morgan fingerprint density at radius 2 is 1.70 bits per heavy atom. The van der Waals surface area contributed by atoms with Crippen LogP contribution in [0, 0.1) is 0 Å². The van der Waals surface area contributed by atoms with Crippen molar-refractivity contribution in [3.8, 4) is 0 Å². The average Bonchev–Trinajstić information content (AvgIpc) is 1.89. The summed E-state index contributed by atoms with van der Waals surface area (Å²) in [5.41, 5.74) is 0. The molecule has 0 aromatic carbocycles. The van der Waals surface area contributed by atoms with Crippen LogP contribution in [0.4, 0.5) is 0 Å². The third-order valence-corrected chi connectivity index (χ3v) is 0.812. The molecular weight excluding hydrogens is 160 g/mol. The molecule has 0 bridgehead atoms. The van der Waals surface area contributed by atoms with E-state index in [4.69, 9.17) is 14.6 Å². The molecule has 0 aliphatic heterocycles. The van der Waals surface area contributed by atoms with Crippen molar-refractivity contribution in [3.05, 3.63) is 0 Å². The van der Waals surface area contributed by atoms with E-state index in [2.05, 4.69) is 0 Å². The summed E-state index contributed by atoms with van der Waals surface area (Å²) in [5, 5.41) is 8.26. The second-order valence-electron chi connectivity index (χ2n) is 1.53. The van der Waals surface area contributed by atoms with Gasteiger partial charge in [-0.1, -0.05) is 0 Å². The maximum atomic E-state index is 8.26. The summed E-state index contributed by atoms with van der Waals surface area (Å²) in [6, 6.07) is 0. The summed E-state index contributed by atoms with van der Waals surface area (Å²) >= 11 is 0. The summed E-state index contributed by atoms with van der Waals surface area (Å²) in [7, 11) is 0. The van der Waals surface area contributed by atoms with E-state index < -0.39 is 0 Å². The second-order valence-corrected chi connectivity index (χ2v) is 1.53. The Balaban J connectivity index is 0. The molecule has 0 saturated carbocycles. The van der Waals surface area contributed by atoms with Gasteiger partial charge in [0.15, 0.2) is 0 Å². The van der Waals surface area contributed by atoms with E-state index in [1.165, 1.54) is 0 Å². The molecule has 0 aromatic rings. The van der Waals surface area contributed by atoms with Crippen molar-refractivity contribution in [2.75, 3.05) is 33.0 Å². The van der Waals surface area contributed by atoms with E-state index >= 15 is 0 Å². The molecule has 0 saturated heterocycles. The average molecular weight is 176 g/mol. The Kier molecular flexibility index (Phi) is 17.5. The van der Waals surface area contributed by atoms with Crippen LogP contribution in [0.2, 0.25) is 0 Å². The summed E-state index contributed by atoms with van der Waals surface area (Å²) in [5.74, 6) is 0. The van der Waals surface area contributed by atoms with E-state index in [1.807, 2.05) is 6.92 Å². The fourth-order valence-electron chi connectivity index (χ4n) is 0.429. The van der Waals surface area contributed by atoms with Crippen molar-refractivity contribution in [2.45, 2.75) is 6.92 Å². The van der Waals surface area contributed by atoms with Crippen LogP contribution in [0.1, 0.15) is 6.92 Å². The molecule has 0 spiro atoms. The molecule has 0 rings (SSSR count). The van der Waals surface area contributed by atoms with Crippen LogP contribution in [-0.4, -0.2) is 75.9 Å². The number of hydrogen-bond acceptors (Lipinski definition) is 3. The topological polar surface area (TPSA) is 38.7 Å². The quantitative estimate of drug-likeness (QED) is 0.422. The minimum absolute atomic E-state index is 0. The first-order chi connectivity index (χ1) is 4.41. The van der Waals surface area contributed by atoms with Gasteiger partial charge >= 0.3 is 37.7 Å². The van der Waals surface area contributed by atoms with Crippen LogP contribution in [0.15, 0.2) is 0 Å². The molecule has 4 heteroatoms. The van der Waals surface area contributed by atoms with Crippen molar-refractivity contribution in [3.63, 3.8) is 0 Å². The fraction of sp³-hybridized carbons (Fsp3) is 1.00. The Bertz CT molecular complexity index is 46.3. The monoisotopic (exact) mass is 176 g/mol. The first-order valence-electron chi connectivity index (χ1n) is 3.18. The van der Waals surface area contributed by atoms with Crippen LogP contribution in [-0.2, 0) is 9.47 Å². The van der Waals surface area contributed by atoms with Crippen molar-refractivity contribution in [2.24, 2.45) is 0 Å². The van der Waals surface area contributed by atoms with E-state index in [1.54, 1.807) is 0 Å². The van der Waals surface area contributed by atoms with Gasteiger partial charge in [-0.05, 0) is 6.92 Å². The Morgan fingerprint density at radius 1 is 1.10 bits per heavy atom. The molecule has 0 amide bonds. The van der Waals surface area contributed by atoms with Crippen molar-refractivity contribution < 1.29 is 14.6 Å². The molecule has 3 nitrogen and oxygen atoms in total. The zero-order valence-electron chi connectivity index (χ0n) is 5.80. The van der Waals surface area contributed by atoms with Gasteiger partial charge < -0.3 is 14.6 Å². The number of aliphatic hydroxyl groups excluding tert-OH is 1. The van der Waals surface area contributed by atoms with Gasteiger partial charge in [0, 0.05) is 6.61 Å². The van der Waals surface area contributed by atoms with Crippen LogP contribution in [0.3, 0.4) is 0 Å². The van der Waals surface area contributed by atoms with E-state index in [-0.39, 0.29) is 44.3 Å². The molecule has 0 atom stereocenters. The van der Waals surface area contributed by atoms with Crippen LogP contribution < -0.4 is 0 Å². The summed E-state index contributed by atoms with van der Waals surface area (Å²) < 4.78 is 9.88. The van der Waals surface area contributed by atoms with Gasteiger partial charge in [-0.3, -0.25) is 0 Å². The predicted octanol–water partition coefficient (Wildman–Crippen LogP) is -0.884. The standard InChI is InChI=1S/C6H14O3.Ca.2H/c1-2-8-5-6-9-4-3-7;;;/h7H,2-6H2,1H3;;;. The normalized spacial score (nSPS) is 9.00. The van der Waals surface area contributed by atoms with Gasteiger partial charge in [-0.25, -0.2) is 0 Å². The fourth-order valence-corrected chi connectivity index (χ4v) is 0.429. The van der Waals surface area contributed by atoms with Crippen molar-refractivity contribution in [1.29, 1.82) is 0 Å². The number of rotatable bonds is 6. The van der Waals surface area contributed by atoms with Crippen LogP contribution >= 0.6 is 0 Å². The molecule has 0 unspecified atom stereocenters. The Morgan fingerprint density at radius 3 is 2.20 bits per heavy atom. The SMILES string of the molecule is CCOCCOCCO.[CaH2]. The number of hydrogen-bond donors (Lipinski definition) is 1. The van der Waals surface area contributed by atoms with Gasteiger partial charge in [0.05, 0.1) is 26.4 Å². The molecular formula is C6H16CaO3. The summed E-state index contributed by atoms with van der Waals surface area (Å²) in [6.07, 6.45) is 0. The predicted molar refractivity (Wildman–Crippen MR) is 42.9 cm³/mol. The molecule has 0 radical (unpaired) electrons. The van der Waals surface area contributed by atoms with E-state index in [0.717, 1.165) is 6.61 Å². The van der Waals surface area contributed by atoms with Gasteiger partial charge in [-0.2, -0.15) is 0 Å². The van der Waals surface area contributed by atoms with Crippen LogP contribution in [0.5, 0.6) is 0 Å². The minimum atomic E-state index is 0. The van der Waals surface area contributed by atoms with Crippen LogP contribution in [0.25, 0.3) is 0 Å². The number of ether oxygens (including phenoxy) is 2. The maximum absolute atomic E-state index is 8.26. The van der Waals surface area contributed by atoms with Gasteiger partial charge in [0.1, 0.15) is 0 Å². The first kappa shape index (κ1) is 13.7. The summed E-state index contributed by atoms with van der Waals surface area (Å²) in [4.78, 5) is 0. The van der Waals surface area contributed by atoms with Gasteiger partial charge in [0.2, 0.25) is 0 Å². The third kappa shape index (κ3) is 11.9. The van der Waals surface area contributed by atoms with E-state index in [9.17, 15) is 0 Å². The molecule has 0 heterocycles. The van der Waals surface area contributed by atoms with Crippen molar-refractivity contribution >= 4 is 37.7 Å².